The molecule has 0 aromatic heterocycles. The van der Waals surface area contributed by atoms with E-state index in [1.807, 2.05) is 24.3 Å². The molecule has 0 amide bonds. The van der Waals surface area contributed by atoms with Crippen LogP contribution in [0.2, 0.25) is 0 Å². The van der Waals surface area contributed by atoms with Crippen molar-refractivity contribution in [3.8, 4) is 5.75 Å². The van der Waals surface area contributed by atoms with Crippen molar-refractivity contribution >= 4 is 5.97 Å². The van der Waals surface area contributed by atoms with Gasteiger partial charge in [-0.25, -0.2) is 0 Å². The van der Waals surface area contributed by atoms with Crippen LogP contribution in [-0.4, -0.2) is 18.2 Å². The first-order valence-electron chi connectivity index (χ1n) is 7.01. The number of ether oxygens (including phenoxy) is 1. The van der Waals surface area contributed by atoms with Crippen molar-refractivity contribution in [2.24, 2.45) is 17.3 Å². The molecule has 3 atom stereocenters. The zero-order valence-electron chi connectivity index (χ0n) is 11.3. The van der Waals surface area contributed by atoms with Gasteiger partial charge in [0.25, 0.3) is 0 Å². The summed E-state index contributed by atoms with van der Waals surface area (Å²) in [4.78, 5) is 11.9. The highest BCUT2D eigenvalue weighted by molar-refractivity contribution is 5.76. The van der Waals surface area contributed by atoms with Gasteiger partial charge in [0.2, 0.25) is 0 Å². The molecular formula is C16H20O3. The summed E-state index contributed by atoms with van der Waals surface area (Å²) in [6.07, 6.45) is 4.83. The van der Waals surface area contributed by atoms with Gasteiger partial charge in [-0.1, -0.05) is 24.6 Å². The Labute approximate surface area is 113 Å². The zero-order chi connectivity index (χ0) is 13.5. The van der Waals surface area contributed by atoms with Gasteiger partial charge in [-0.3, -0.25) is 4.79 Å². The van der Waals surface area contributed by atoms with Crippen LogP contribution < -0.4 is 4.74 Å². The van der Waals surface area contributed by atoms with Crippen LogP contribution >= 0.6 is 0 Å². The summed E-state index contributed by atoms with van der Waals surface area (Å²) in [5, 5.41) is 9.77. The Bertz CT molecular complexity index is 497. The van der Waals surface area contributed by atoms with Gasteiger partial charge in [-0.15, -0.1) is 0 Å². The van der Waals surface area contributed by atoms with E-state index in [0.29, 0.717) is 18.3 Å². The second-order valence-electron chi connectivity index (χ2n) is 6.03. The summed E-state index contributed by atoms with van der Waals surface area (Å²) in [5.41, 5.74) is 0.470. The largest absolute Gasteiger partial charge is 0.496 e. The molecule has 1 aromatic carbocycles. The number of rotatable bonds is 4. The highest BCUT2D eigenvalue weighted by atomic mass is 16.5. The average Bonchev–Trinajstić information content (AvgIpc) is 3.00. The molecule has 1 aromatic rings. The molecule has 2 aliphatic rings. The molecule has 3 rings (SSSR count). The van der Waals surface area contributed by atoms with Crippen molar-refractivity contribution in [3.63, 3.8) is 0 Å². The normalized spacial score (nSPS) is 32.5. The van der Waals surface area contributed by atoms with Gasteiger partial charge < -0.3 is 9.84 Å². The van der Waals surface area contributed by atoms with Crippen molar-refractivity contribution in [2.45, 2.75) is 32.1 Å². The third kappa shape index (κ3) is 1.92. The van der Waals surface area contributed by atoms with E-state index in [4.69, 9.17) is 4.74 Å². The lowest BCUT2D eigenvalue weighted by atomic mass is 9.69. The number of carboxylic acids is 1. The third-order valence-corrected chi connectivity index (χ3v) is 5.10. The molecule has 0 radical (unpaired) electrons. The number of benzene rings is 1. The number of hydrogen-bond donors (Lipinski definition) is 1. The first kappa shape index (κ1) is 12.5. The summed E-state index contributed by atoms with van der Waals surface area (Å²) in [5.74, 6) is 1.16. The molecule has 1 N–H and O–H groups in total. The number of carbonyl (C=O) groups is 1. The maximum Gasteiger partial charge on any atom is 0.310 e. The first-order valence-corrected chi connectivity index (χ1v) is 7.01. The topological polar surface area (TPSA) is 46.5 Å². The summed E-state index contributed by atoms with van der Waals surface area (Å²) in [6.45, 7) is 0. The molecule has 0 spiro atoms. The molecule has 2 saturated carbocycles. The van der Waals surface area contributed by atoms with Crippen LogP contribution in [0.25, 0.3) is 0 Å². The molecular weight excluding hydrogens is 240 g/mol. The molecule has 3 heteroatoms. The highest BCUT2D eigenvalue weighted by Crippen LogP contribution is 2.57. The summed E-state index contributed by atoms with van der Waals surface area (Å²) >= 11 is 0. The molecule has 102 valence electrons. The third-order valence-electron chi connectivity index (χ3n) is 5.10. The van der Waals surface area contributed by atoms with Crippen LogP contribution in [0, 0.1) is 17.3 Å². The van der Waals surface area contributed by atoms with Gasteiger partial charge >= 0.3 is 5.97 Å². The van der Waals surface area contributed by atoms with Crippen LogP contribution in [0.5, 0.6) is 5.75 Å². The lowest BCUT2D eigenvalue weighted by Crippen LogP contribution is -2.38. The highest BCUT2D eigenvalue weighted by Gasteiger charge is 2.55. The number of fused-ring (bicyclic) bond motifs is 2. The van der Waals surface area contributed by atoms with Crippen molar-refractivity contribution in [1.29, 1.82) is 0 Å². The van der Waals surface area contributed by atoms with Crippen molar-refractivity contribution < 1.29 is 14.6 Å². The Hall–Kier alpha value is -1.51. The Morgan fingerprint density at radius 1 is 1.42 bits per heavy atom. The van der Waals surface area contributed by atoms with Gasteiger partial charge in [-0.2, -0.15) is 0 Å². The van der Waals surface area contributed by atoms with Gasteiger partial charge in [0.1, 0.15) is 5.75 Å². The van der Waals surface area contributed by atoms with E-state index in [1.165, 1.54) is 6.42 Å². The molecule has 0 aliphatic heterocycles. The SMILES string of the molecule is COc1ccccc1CC1(C(=O)O)CC2CCC1C2. The number of hydrogen-bond acceptors (Lipinski definition) is 2. The minimum absolute atomic E-state index is 0.347. The minimum atomic E-state index is -0.620. The minimum Gasteiger partial charge on any atom is -0.496 e. The number of para-hydroxylation sites is 1. The zero-order valence-corrected chi connectivity index (χ0v) is 11.3. The first-order chi connectivity index (χ1) is 9.15. The van der Waals surface area contributed by atoms with Crippen molar-refractivity contribution in [3.05, 3.63) is 29.8 Å². The smallest absolute Gasteiger partial charge is 0.310 e. The fourth-order valence-corrected chi connectivity index (χ4v) is 4.19. The molecule has 3 nitrogen and oxygen atoms in total. The summed E-state index contributed by atoms with van der Waals surface area (Å²) in [7, 11) is 1.65. The van der Waals surface area contributed by atoms with Crippen molar-refractivity contribution in [2.75, 3.05) is 7.11 Å². The molecule has 2 aliphatic carbocycles. The van der Waals surface area contributed by atoms with Crippen LogP contribution in [-0.2, 0) is 11.2 Å². The number of carboxylic acid groups (broad SMARTS) is 1. The monoisotopic (exact) mass is 260 g/mol. The fourth-order valence-electron chi connectivity index (χ4n) is 4.19. The standard InChI is InChI=1S/C16H20O3/c1-19-14-5-3-2-4-12(14)10-16(15(17)18)9-11-6-7-13(16)8-11/h2-5,11,13H,6-10H2,1H3,(H,17,18). The van der Waals surface area contributed by atoms with E-state index >= 15 is 0 Å². The summed E-state index contributed by atoms with van der Waals surface area (Å²) in [6, 6.07) is 7.80. The Morgan fingerprint density at radius 2 is 2.21 bits per heavy atom. The van der Waals surface area contributed by atoms with Gasteiger partial charge in [0.05, 0.1) is 12.5 Å². The lowest BCUT2D eigenvalue weighted by Gasteiger charge is -2.34. The molecule has 0 saturated heterocycles. The fraction of sp³-hybridized carbons (Fsp3) is 0.562. The van der Waals surface area contributed by atoms with Gasteiger partial charge in [0.15, 0.2) is 0 Å². The predicted octanol–water partition coefficient (Wildman–Crippen LogP) is 3.13. The molecule has 2 fully saturated rings. The maximum atomic E-state index is 11.9. The van der Waals surface area contributed by atoms with Crippen LogP contribution in [0.4, 0.5) is 0 Å². The van der Waals surface area contributed by atoms with Gasteiger partial charge in [0, 0.05) is 0 Å². The van der Waals surface area contributed by atoms with E-state index < -0.39 is 11.4 Å². The number of aliphatic carboxylic acids is 1. The van der Waals surface area contributed by atoms with E-state index in [1.54, 1.807) is 7.11 Å². The molecule has 0 heterocycles. The second-order valence-corrected chi connectivity index (χ2v) is 6.03. The average molecular weight is 260 g/mol. The van der Waals surface area contributed by atoms with Crippen LogP contribution in [0.1, 0.15) is 31.2 Å². The molecule has 3 unspecified atom stereocenters. The Morgan fingerprint density at radius 3 is 2.79 bits per heavy atom. The lowest BCUT2D eigenvalue weighted by molar-refractivity contribution is -0.152. The maximum absolute atomic E-state index is 11.9. The van der Waals surface area contributed by atoms with E-state index in [0.717, 1.165) is 30.6 Å². The number of methoxy groups -OCH3 is 1. The molecule has 2 bridgehead atoms. The molecule has 19 heavy (non-hydrogen) atoms. The van der Waals surface area contributed by atoms with Crippen LogP contribution in [0.15, 0.2) is 24.3 Å². The van der Waals surface area contributed by atoms with Gasteiger partial charge in [-0.05, 0) is 49.1 Å². The Balaban J connectivity index is 1.93. The van der Waals surface area contributed by atoms with Crippen molar-refractivity contribution in [1.82, 2.24) is 0 Å². The van der Waals surface area contributed by atoms with E-state index in [9.17, 15) is 9.90 Å². The Kier molecular flexibility index (Phi) is 3.00. The predicted molar refractivity (Wildman–Crippen MR) is 72.2 cm³/mol. The quantitative estimate of drug-likeness (QED) is 0.904. The second kappa shape index (κ2) is 4.55. The summed E-state index contributed by atoms with van der Waals surface area (Å²) < 4.78 is 5.37. The van der Waals surface area contributed by atoms with E-state index in [-0.39, 0.29) is 0 Å². The van der Waals surface area contributed by atoms with E-state index in [2.05, 4.69) is 0 Å². The van der Waals surface area contributed by atoms with Crippen LogP contribution in [0.3, 0.4) is 0 Å².